The van der Waals surface area contributed by atoms with Crippen molar-refractivity contribution in [1.29, 1.82) is 5.26 Å². The van der Waals surface area contributed by atoms with Gasteiger partial charge in [-0.1, -0.05) is 24.3 Å². The van der Waals surface area contributed by atoms with Gasteiger partial charge in [-0.05, 0) is 67.1 Å². The molecule has 0 aliphatic rings. The minimum atomic E-state index is -0.537. The Morgan fingerprint density at radius 2 is 1.66 bits per heavy atom. The second-order valence-corrected chi connectivity index (χ2v) is 6.61. The highest BCUT2D eigenvalue weighted by atomic mass is 16.6. The van der Waals surface area contributed by atoms with Crippen LogP contribution in [0, 0.1) is 11.3 Å². The number of hydrogen-bond donors (Lipinski definition) is 0. The molecule has 162 valence electrons. The Labute approximate surface area is 187 Å². The van der Waals surface area contributed by atoms with Gasteiger partial charge in [0.1, 0.15) is 23.0 Å². The van der Waals surface area contributed by atoms with E-state index < -0.39 is 5.97 Å². The smallest absolute Gasteiger partial charge is 0.349 e. The number of benzene rings is 3. The van der Waals surface area contributed by atoms with E-state index in [1.807, 2.05) is 31.2 Å². The summed E-state index contributed by atoms with van der Waals surface area (Å²) in [4.78, 5) is 12.2. The average Bonchev–Trinajstić information content (AvgIpc) is 2.82. The zero-order valence-corrected chi connectivity index (χ0v) is 17.9. The van der Waals surface area contributed by atoms with E-state index in [-0.39, 0.29) is 6.61 Å². The Morgan fingerprint density at radius 1 is 0.938 bits per heavy atom. The molecule has 0 spiro atoms. The van der Waals surface area contributed by atoms with Crippen molar-refractivity contribution in [3.63, 3.8) is 0 Å². The van der Waals surface area contributed by atoms with E-state index >= 15 is 0 Å². The van der Waals surface area contributed by atoms with Gasteiger partial charge in [0.2, 0.25) is 0 Å². The van der Waals surface area contributed by atoms with Gasteiger partial charge in [0.15, 0.2) is 6.61 Å². The van der Waals surface area contributed by atoms with Gasteiger partial charge >= 0.3 is 5.97 Å². The van der Waals surface area contributed by atoms with E-state index in [4.69, 9.17) is 18.9 Å². The Hall–Kier alpha value is -4.24. The number of methoxy groups -OCH3 is 1. The summed E-state index contributed by atoms with van der Waals surface area (Å²) in [6.07, 6.45) is 1.71. The molecule has 0 radical (unpaired) electrons. The van der Waals surface area contributed by atoms with E-state index in [2.05, 4.69) is 6.07 Å². The van der Waals surface area contributed by atoms with Crippen molar-refractivity contribution < 1.29 is 23.7 Å². The monoisotopic (exact) mass is 429 g/mol. The van der Waals surface area contributed by atoms with Crippen LogP contribution in [0.5, 0.6) is 23.0 Å². The van der Waals surface area contributed by atoms with Gasteiger partial charge in [-0.25, -0.2) is 4.79 Å². The molecule has 0 fully saturated rings. The molecular weight excluding hydrogens is 406 g/mol. The van der Waals surface area contributed by atoms with Crippen molar-refractivity contribution in [2.45, 2.75) is 6.92 Å². The molecule has 0 amide bonds. The molecule has 0 N–H and O–H groups in total. The quantitative estimate of drug-likeness (QED) is 0.203. The molecule has 0 saturated heterocycles. The molecular formula is C26H23NO5. The molecule has 6 nitrogen and oxygen atoms in total. The fourth-order valence-electron chi connectivity index (χ4n) is 2.97. The van der Waals surface area contributed by atoms with Crippen LogP contribution < -0.4 is 18.9 Å². The second kappa shape index (κ2) is 11.2. The van der Waals surface area contributed by atoms with Crippen molar-refractivity contribution in [2.75, 3.05) is 20.3 Å². The van der Waals surface area contributed by atoms with E-state index in [1.54, 1.807) is 61.7 Å². The standard InChI is InChI=1S/C26H23NO5/c1-3-30-21-11-13-22(14-12-21)31-18-26(28)32-23-8-6-7-19(16-23)15-20(17-27)24-9-4-5-10-25(24)29-2/h4-16H,3,18H2,1-2H3/b20-15-. The molecule has 0 unspecified atom stereocenters. The van der Waals surface area contributed by atoms with Crippen LogP contribution >= 0.6 is 0 Å². The van der Waals surface area contributed by atoms with E-state index in [0.717, 1.165) is 5.75 Å². The molecule has 0 aliphatic heterocycles. The number of para-hydroxylation sites is 1. The molecule has 3 aromatic carbocycles. The lowest BCUT2D eigenvalue weighted by Crippen LogP contribution is -2.17. The van der Waals surface area contributed by atoms with Crippen LogP contribution in [-0.4, -0.2) is 26.3 Å². The maximum atomic E-state index is 12.2. The maximum absolute atomic E-state index is 12.2. The zero-order valence-electron chi connectivity index (χ0n) is 17.9. The summed E-state index contributed by atoms with van der Waals surface area (Å²) in [7, 11) is 1.56. The first kappa shape index (κ1) is 22.4. The van der Waals surface area contributed by atoms with Crippen LogP contribution in [0.3, 0.4) is 0 Å². The van der Waals surface area contributed by atoms with Crippen molar-refractivity contribution in [2.24, 2.45) is 0 Å². The van der Waals surface area contributed by atoms with Gasteiger partial charge in [-0.3, -0.25) is 0 Å². The highest BCUT2D eigenvalue weighted by Crippen LogP contribution is 2.27. The fraction of sp³-hybridized carbons (Fsp3) is 0.154. The first-order valence-corrected chi connectivity index (χ1v) is 10.0. The van der Waals surface area contributed by atoms with Crippen LogP contribution in [-0.2, 0) is 4.79 Å². The summed E-state index contributed by atoms with van der Waals surface area (Å²) in [5.41, 5.74) is 1.83. The van der Waals surface area contributed by atoms with Crippen LogP contribution in [0.4, 0.5) is 0 Å². The molecule has 0 aliphatic carbocycles. The number of carbonyl (C=O) groups is 1. The van der Waals surface area contributed by atoms with E-state index in [1.165, 1.54) is 0 Å². The van der Waals surface area contributed by atoms with Crippen LogP contribution in [0.15, 0.2) is 72.8 Å². The lowest BCUT2D eigenvalue weighted by molar-refractivity contribution is -0.136. The number of hydrogen-bond acceptors (Lipinski definition) is 6. The third-order valence-electron chi connectivity index (χ3n) is 4.41. The topological polar surface area (TPSA) is 77.8 Å². The van der Waals surface area contributed by atoms with Crippen molar-refractivity contribution in [3.05, 3.63) is 83.9 Å². The predicted molar refractivity (Wildman–Crippen MR) is 122 cm³/mol. The molecule has 6 heteroatoms. The van der Waals surface area contributed by atoms with Gasteiger partial charge in [-0.2, -0.15) is 5.26 Å². The fourth-order valence-corrected chi connectivity index (χ4v) is 2.97. The van der Waals surface area contributed by atoms with Gasteiger partial charge in [0, 0.05) is 5.56 Å². The Morgan fingerprint density at radius 3 is 2.34 bits per heavy atom. The maximum Gasteiger partial charge on any atom is 0.349 e. The number of carbonyl (C=O) groups excluding carboxylic acids is 1. The molecule has 0 aromatic heterocycles. The summed E-state index contributed by atoms with van der Waals surface area (Å²) in [5.74, 6) is 1.70. The first-order chi connectivity index (χ1) is 15.6. The minimum absolute atomic E-state index is 0.237. The minimum Gasteiger partial charge on any atom is -0.496 e. The van der Waals surface area contributed by atoms with Gasteiger partial charge in [0.05, 0.1) is 25.4 Å². The lowest BCUT2D eigenvalue weighted by Gasteiger charge is -2.09. The Balaban J connectivity index is 1.65. The molecule has 0 bridgehead atoms. The Bertz CT molecular complexity index is 1130. The van der Waals surface area contributed by atoms with Crippen molar-refractivity contribution >= 4 is 17.6 Å². The van der Waals surface area contributed by atoms with E-state index in [9.17, 15) is 10.1 Å². The SMILES string of the molecule is CCOc1ccc(OCC(=O)Oc2cccc(/C=C(/C#N)c3ccccc3OC)c2)cc1. The summed E-state index contributed by atoms with van der Waals surface area (Å²) in [6.45, 7) is 2.25. The number of allylic oxidation sites excluding steroid dienone is 1. The third kappa shape index (κ3) is 6.13. The van der Waals surface area contributed by atoms with Crippen molar-refractivity contribution in [3.8, 4) is 29.1 Å². The molecule has 0 saturated carbocycles. The number of rotatable bonds is 9. The number of ether oxygens (including phenoxy) is 4. The Kier molecular flexibility index (Phi) is 7.88. The normalized spacial score (nSPS) is 10.7. The summed E-state index contributed by atoms with van der Waals surface area (Å²) < 4.78 is 21.6. The largest absolute Gasteiger partial charge is 0.496 e. The van der Waals surface area contributed by atoms with Crippen molar-refractivity contribution in [1.82, 2.24) is 0 Å². The average molecular weight is 429 g/mol. The molecule has 3 aromatic rings. The predicted octanol–water partition coefficient (Wildman–Crippen LogP) is 5.14. The summed E-state index contributed by atoms with van der Waals surface area (Å²) in [6, 6.07) is 23.4. The van der Waals surface area contributed by atoms with Gasteiger partial charge in [-0.15, -0.1) is 0 Å². The van der Waals surface area contributed by atoms with Crippen LogP contribution in [0.25, 0.3) is 11.6 Å². The molecule has 0 heterocycles. The lowest BCUT2D eigenvalue weighted by atomic mass is 10.0. The van der Waals surface area contributed by atoms with E-state index in [0.29, 0.717) is 40.6 Å². The van der Waals surface area contributed by atoms with Gasteiger partial charge in [0.25, 0.3) is 0 Å². The highest BCUT2D eigenvalue weighted by molar-refractivity contribution is 5.91. The summed E-state index contributed by atoms with van der Waals surface area (Å²) in [5, 5.41) is 9.62. The molecule has 3 rings (SSSR count). The van der Waals surface area contributed by atoms with Crippen LogP contribution in [0.2, 0.25) is 0 Å². The number of esters is 1. The second-order valence-electron chi connectivity index (χ2n) is 6.61. The summed E-state index contributed by atoms with van der Waals surface area (Å²) >= 11 is 0. The third-order valence-corrected chi connectivity index (χ3v) is 4.41. The number of nitriles is 1. The molecule has 0 atom stereocenters. The molecule has 32 heavy (non-hydrogen) atoms. The number of nitrogens with zero attached hydrogens (tertiary/aromatic N) is 1. The van der Waals surface area contributed by atoms with Gasteiger partial charge < -0.3 is 18.9 Å². The zero-order chi connectivity index (χ0) is 22.8. The van der Waals surface area contributed by atoms with Crippen LogP contribution in [0.1, 0.15) is 18.1 Å². The first-order valence-electron chi connectivity index (χ1n) is 10.0. The highest BCUT2D eigenvalue weighted by Gasteiger charge is 2.10.